The number of methoxy groups -OCH3 is 4. The Hall–Kier alpha value is -3.76. The number of aliphatic hydroxyl groups is 1. The third kappa shape index (κ3) is 5.36. The number of carbonyl (C=O) groups is 1. The molecule has 0 aliphatic heterocycles. The SMILES string of the molecule is COc1ccc(NC(=S)NC(=O)c2cc(OC)c(OC)c(OC)c2)cc1-c1ccc(CO)o1. The monoisotopic (exact) mass is 472 g/mol. The largest absolute Gasteiger partial charge is 0.496 e. The predicted molar refractivity (Wildman–Crippen MR) is 126 cm³/mol. The minimum absolute atomic E-state index is 0.0837. The maximum Gasteiger partial charge on any atom is 0.257 e. The highest BCUT2D eigenvalue weighted by Gasteiger charge is 2.18. The fourth-order valence-electron chi connectivity index (χ4n) is 3.14. The Labute approximate surface area is 196 Å². The van der Waals surface area contributed by atoms with E-state index in [4.69, 9.17) is 35.6 Å². The molecule has 3 aromatic rings. The summed E-state index contributed by atoms with van der Waals surface area (Å²) in [5, 5.41) is 14.9. The average molecular weight is 473 g/mol. The van der Waals surface area contributed by atoms with Crippen molar-refractivity contribution in [2.24, 2.45) is 0 Å². The fourth-order valence-corrected chi connectivity index (χ4v) is 3.35. The number of benzene rings is 2. The topological polar surface area (TPSA) is 111 Å². The second-order valence-corrected chi connectivity index (χ2v) is 7.07. The van der Waals surface area contributed by atoms with Gasteiger partial charge >= 0.3 is 0 Å². The number of carbonyl (C=O) groups excluding carboxylic acids is 1. The Kier molecular flexibility index (Phi) is 7.75. The van der Waals surface area contributed by atoms with Gasteiger partial charge in [0.25, 0.3) is 5.91 Å². The van der Waals surface area contributed by atoms with Gasteiger partial charge in [0.05, 0.1) is 34.0 Å². The molecule has 0 unspecified atom stereocenters. The van der Waals surface area contributed by atoms with Gasteiger partial charge in [-0.1, -0.05) is 0 Å². The zero-order valence-corrected chi connectivity index (χ0v) is 19.4. The second-order valence-electron chi connectivity index (χ2n) is 6.66. The van der Waals surface area contributed by atoms with Crippen molar-refractivity contribution in [3.05, 3.63) is 53.8 Å². The van der Waals surface area contributed by atoms with Gasteiger partial charge in [0.15, 0.2) is 16.6 Å². The molecule has 0 aliphatic rings. The van der Waals surface area contributed by atoms with E-state index >= 15 is 0 Å². The third-order valence-electron chi connectivity index (χ3n) is 4.69. The number of thiocarbonyl (C=S) groups is 1. The molecule has 2 aromatic carbocycles. The summed E-state index contributed by atoms with van der Waals surface area (Å²) in [5.74, 6) is 2.14. The zero-order valence-electron chi connectivity index (χ0n) is 18.6. The fraction of sp³-hybridized carbons (Fsp3) is 0.217. The van der Waals surface area contributed by atoms with Crippen molar-refractivity contribution in [3.8, 4) is 34.3 Å². The van der Waals surface area contributed by atoms with Crippen LogP contribution >= 0.6 is 12.2 Å². The number of anilines is 1. The summed E-state index contributed by atoms with van der Waals surface area (Å²) in [4.78, 5) is 12.8. The summed E-state index contributed by atoms with van der Waals surface area (Å²) in [7, 11) is 5.96. The molecule has 0 aliphatic carbocycles. The average Bonchev–Trinajstić information content (AvgIpc) is 3.32. The van der Waals surface area contributed by atoms with E-state index in [1.165, 1.54) is 33.5 Å². The van der Waals surface area contributed by atoms with Crippen LogP contribution in [0.3, 0.4) is 0 Å². The number of aliphatic hydroxyl groups excluding tert-OH is 1. The van der Waals surface area contributed by atoms with Crippen molar-refractivity contribution in [1.82, 2.24) is 5.32 Å². The molecule has 10 heteroatoms. The number of hydrogen-bond acceptors (Lipinski definition) is 8. The lowest BCUT2D eigenvalue weighted by Crippen LogP contribution is -2.34. The molecular weight excluding hydrogens is 448 g/mol. The van der Waals surface area contributed by atoms with Crippen molar-refractivity contribution in [2.45, 2.75) is 6.61 Å². The zero-order chi connectivity index (χ0) is 24.0. The Bertz CT molecular complexity index is 1130. The van der Waals surface area contributed by atoms with Crippen LogP contribution in [-0.2, 0) is 6.61 Å². The second kappa shape index (κ2) is 10.7. The van der Waals surface area contributed by atoms with E-state index in [-0.39, 0.29) is 17.3 Å². The molecule has 9 nitrogen and oxygen atoms in total. The summed E-state index contributed by atoms with van der Waals surface area (Å²) in [5.41, 5.74) is 1.53. The van der Waals surface area contributed by atoms with Gasteiger partial charge in [-0.15, -0.1) is 0 Å². The number of nitrogens with one attached hydrogen (secondary N) is 2. The minimum Gasteiger partial charge on any atom is -0.496 e. The molecule has 3 N–H and O–H groups in total. The van der Waals surface area contributed by atoms with E-state index < -0.39 is 5.91 Å². The van der Waals surface area contributed by atoms with E-state index in [1.807, 2.05) is 0 Å². The molecule has 1 amide bonds. The van der Waals surface area contributed by atoms with E-state index in [0.29, 0.717) is 45.8 Å². The molecule has 0 saturated heterocycles. The normalized spacial score (nSPS) is 10.3. The molecule has 0 bridgehead atoms. The first-order chi connectivity index (χ1) is 15.9. The van der Waals surface area contributed by atoms with Crippen LogP contribution in [0.5, 0.6) is 23.0 Å². The summed E-state index contributed by atoms with van der Waals surface area (Å²) in [6.45, 7) is -0.211. The van der Waals surface area contributed by atoms with Crippen molar-refractivity contribution in [1.29, 1.82) is 0 Å². The van der Waals surface area contributed by atoms with Crippen LogP contribution in [0.25, 0.3) is 11.3 Å². The highest BCUT2D eigenvalue weighted by molar-refractivity contribution is 7.80. The van der Waals surface area contributed by atoms with Gasteiger partial charge in [0.1, 0.15) is 23.9 Å². The van der Waals surface area contributed by atoms with Crippen LogP contribution in [0.15, 0.2) is 46.9 Å². The first-order valence-electron chi connectivity index (χ1n) is 9.74. The van der Waals surface area contributed by atoms with Gasteiger partial charge in [0, 0.05) is 11.3 Å². The van der Waals surface area contributed by atoms with Crippen LogP contribution in [0.2, 0.25) is 0 Å². The van der Waals surface area contributed by atoms with Crippen LogP contribution in [0, 0.1) is 0 Å². The number of furan rings is 1. The smallest absolute Gasteiger partial charge is 0.257 e. The van der Waals surface area contributed by atoms with Crippen LogP contribution < -0.4 is 29.6 Å². The van der Waals surface area contributed by atoms with Gasteiger partial charge in [-0.05, 0) is 54.7 Å². The van der Waals surface area contributed by atoms with Crippen LogP contribution in [0.1, 0.15) is 16.1 Å². The van der Waals surface area contributed by atoms with Crippen molar-refractivity contribution in [3.63, 3.8) is 0 Å². The molecule has 0 atom stereocenters. The molecule has 1 heterocycles. The van der Waals surface area contributed by atoms with E-state index in [1.54, 1.807) is 37.4 Å². The number of amides is 1. The third-order valence-corrected chi connectivity index (χ3v) is 4.90. The molecule has 0 saturated carbocycles. The Balaban J connectivity index is 1.78. The summed E-state index contributed by atoms with van der Waals surface area (Å²) >= 11 is 5.31. The molecule has 0 fully saturated rings. The van der Waals surface area contributed by atoms with Gasteiger partial charge in [-0.3, -0.25) is 10.1 Å². The first kappa shape index (κ1) is 23.9. The lowest BCUT2D eigenvalue weighted by molar-refractivity contribution is 0.0977. The van der Waals surface area contributed by atoms with Gasteiger partial charge < -0.3 is 33.8 Å². The summed E-state index contributed by atoms with van der Waals surface area (Å²) < 4.78 is 26.9. The maximum absolute atomic E-state index is 12.8. The molecule has 0 spiro atoms. The highest BCUT2D eigenvalue weighted by Crippen LogP contribution is 2.38. The summed E-state index contributed by atoms with van der Waals surface area (Å²) in [6.07, 6.45) is 0. The number of ether oxygens (including phenoxy) is 4. The van der Waals surface area contributed by atoms with Crippen molar-refractivity contribution in [2.75, 3.05) is 33.8 Å². The van der Waals surface area contributed by atoms with Crippen molar-refractivity contribution < 1.29 is 33.3 Å². The number of hydrogen-bond donors (Lipinski definition) is 3. The predicted octanol–water partition coefficient (Wildman–Crippen LogP) is 3.60. The highest BCUT2D eigenvalue weighted by atomic mass is 32.1. The van der Waals surface area contributed by atoms with Gasteiger partial charge in [-0.2, -0.15) is 0 Å². The standard InChI is InChI=1S/C23H24N2O7S/c1-28-17-7-5-14(11-16(17)18-8-6-15(12-26)32-18)24-23(33)25-22(27)13-9-19(29-2)21(31-4)20(10-13)30-3/h5-11,26H,12H2,1-4H3,(H2,24,25,27,33). The molecule has 174 valence electrons. The molecule has 0 radical (unpaired) electrons. The van der Waals surface area contributed by atoms with Crippen LogP contribution in [-0.4, -0.2) is 44.6 Å². The Morgan fingerprint density at radius 2 is 1.61 bits per heavy atom. The van der Waals surface area contributed by atoms with E-state index in [2.05, 4.69) is 10.6 Å². The Morgan fingerprint density at radius 3 is 2.15 bits per heavy atom. The Morgan fingerprint density at radius 1 is 0.939 bits per heavy atom. The van der Waals surface area contributed by atoms with Crippen molar-refractivity contribution >= 4 is 28.9 Å². The lowest BCUT2D eigenvalue weighted by Gasteiger charge is -2.15. The molecular formula is C23H24N2O7S. The first-order valence-corrected chi connectivity index (χ1v) is 10.1. The number of rotatable bonds is 8. The minimum atomic E-state index is -0.459. The van der Waals surface area contributed by atoms with Gasteiger partial charge in [-0.25, -0.2) is 0 Å². The lowest BCUT2D eigenvalue weighted by atomic mass is 10.1. The van der Waals surface area contributed by atoms with E-state index in [0.717, 1.165) is 0 Å². The van der Waals surface area contributed by atoms with E-state index in [9.17, 15) is 9.90 Å². The van der Waals surface area contributed by atoms with Gasteiger partial charge in [0.2, 0.25) is 5.75 Å². The molecule has 33 heavy (non-hydrogen) atoms. The van der Waals surface area contributed by atoms with Crippen LogP contribution in [0.4, 0.5) is 5.69 Å². The quantitative estimate of drug-likeness (QED) is 0.423. The molecule has 1 aromatic heterocycles. The molecule has 3 rings (SSSR count). The maximum atomic E-state index is 12.8. The summed E-state index contributed by atoms with van der Waals surface area (Å²) in [6, 6.07) is 11.7.